The van der Waals surface area contributed by atoms with Crippen molar-refractivity contribution in [3.05, 3.63) is 144 Å². The van der Waals surface area contributed by atoms with Crippen LogP contribution in [-0.2, 0) is 0 Å². The van der Waals surface area contributed by atoms with Gasteiger partial charge in [-0.2, -0.15) is 0 Å². The Bertz CT molecular complexity index is 1300. The van der Waals surface area contributed by atoms with Gasteiger partial charge in [0.15, 0.2) is 11.6 Å². The third-order valence-electron chi connectivity index (χ3n) is 5.71. The Morgan fingerprint density at radius 1 is 0.500 bits per heavy atom. The smallest absolute Gasteiger partial charge is 0.166 e. The molecule has 32 heavy (non-hydrogen) atoms. The van der Waals surface area contributed by atoms with Crippen LogP contribution >= 0.6 is 0 Å². The van der Waals surface area contributed by atoms with Crippen molar-refractivity contribution in [2.75, 3.05) is 4.90 Å². The van der Waals surface area contributed by atoms with Crippen LogP contribution in [0.25, 0.3) is 10.8 Å². The predicted octanol–water partition coefficient (Wildman–Crippen LogP) is 8.05. The van der Waals surface area contributed by atoms with Crippen LogP contribution in [0.5, 0.6) is 0 Å². The van der Waals surface area contributed by atoms with Crippen molar-refractivity contribution in [1.82, 2.24) is 0 Å². The van der Waals surface area contributed by atoms with Gasteiger partial charge in [0.1, 0.15) is 0 Å². The zero-order chi connectivity index (χ0) is 21.9. The van der Waals surface area contributed by atoms with Crippen LogP contribution < -0.4 is 4.90 Å². The minimum atomic E-state index is -0.844. The van der Waals surface area contributed by atoms with Crippen LogP contribution in [0.3, 0.4) is 0 Å². The summed E-state index contributed by atoms with van der Waals surface area (Å²) in [7, 11) is 0. The molecule has 5 aromatic carbocycles. The summed E-state index contributed by atoms with van der Waals surface area (Å²) in [6, 6.07) is 38.5. The molecule has 0 aliphatic rings. The van der Waals surface area contributed by atoms with Crippen molar-refractivity contribution in [3.63, 3.8) is 0 Å². The average molecular weight is 421 g/mol. The molecule has 5 aromatic rings. The van der Waals surface area contributed by atoms with E-state index in [1.54, 1.807) is 18.2 Å². The number of nitrogens with zero attached hydrogens (tertiary/aromatic N) is 1. The number of halogens is 2. The molecule has 1 nitrogen and oxygen atoms in total. The molecule has 0 saturated carbocycles. The second kappa shape index (κ2) is 8.64. The van der Waals surface area contributed by atoms with Crippen LogP contribution in [0.1, 0.15) is 17.2 Å². The lowest BCUT2D eigenvalue weighted by Gasteiger charge is -2.35. The van der Waals surface area contributed by atoms with Crippen molar-refractivity contribution in [3.8, 4) is 0 Å². The highest BCUT2D eigenvalue weighted by Gasteiger charge is 2.26. The molecule has 156 valence electrons. The highest BCUT2D eigenvalue weighted by Crippen LogP contribution is 2.42. The zero-order valence-electron chi connectivity index (χ0n) is 17.3. The Kier molecular flexibility index (Phi) is 5.39. The van der Waals surface area contributed by atoms with Gasteiger partial charge in [0, 0.05) is 22.1 Å². The fourth-order valence-corrected chi connectivity index (χ4v) is 4.27. The summed E-state index contributed by atoms with van der Waals surface area (Å²) in [5.74, 6) is -1.67. The Balaban J connectivity index is 1.82. The first-order chi connectivity index (χ1) is 15.7. The molecule has 0 atom stereocenters. The van der Waals surface area contributed by atoms with E-state index in [2.05, 4.69) is 29.2 Å². The highest BCUT2D eigenvalue weighted by atomic mass is 19.2. The van der Waals surface area contributed by atoms with Gasteiger partial charge < -0.3 is 4.90 Å². The summed E-state index contributed by atoms with van der Waals surface area (Å²) in [6.45, 7) is 0. The van der Waals surface area contributed by atoms with E-state index in [0.29, 0.717) is 5.39 Å². The molecular formula is C29H21F2N. The average Bonchev–Trinajstić information content (AvgIpc) is 2.86. The van der Waals surface area contributed by atoms with E-state index >= 15 is 0 Å². The summed E-state index contributed by atoms with van der Waals surface area (Å²) in [5, 5.41) is 0.926. The predicted molar refractivity (Wildman–Crippen MR) is 127 cm³/mol. The minimum Gasteiger partial charge on any atom is -0.329 e. The largest absolute Gasteiger partial charge is 0.329 e. The summed E-state index contributed by atoms with van der Waals surface area (Å²) >= 11 is 0. The first kappa shape index (κ1) is 20.0. The molecule has 0 unspecified atom stereocenters. The van der Waals surface area contributed by atoms with Crippen LogP contribution in [0.4, 0.5) is 20.2 Å². The first-order valence-corrected chi connectivity index (χ1v) is 10.5. The van der Waals surface area contributed by atoms with E-state index in [4.69, 9.17) is 0 Å². The normalized spacial score (nSPS) is 11.1. The number of rotatable bonds is 5. The Morgan fingerprint density at radius 2 is 1.06 bits per heavy atom. The molecule has 0 spiro atoms. The molecule has 5 rings (SSSR count). The lowest BCUT2D eigenvalue weighted by Crippen LogP contribution is -2.25. The van der Waals surface area contributed by atoms with E-state index in [1.165, 1.54) is 6.07 Å². The number of anilines is 2. The molecule has 0 bridgehead atoms. The van der Waals surface area contributed by atoms with Gasteiger partial charge in [-0.25, -0.2) is 8.78 Å². The molecule has 0 saturated heterocycles. The second-order valence-electron chi connectivity index (χ2n) is 7.66. The monoisotopic (exact) mass is 421 g/mol. The van der Waals surface area contributed by atoms with Gasteiger partial charge in [-0.1, -0.05) is 91.0 Å². The maximum Gasteiger partial charge on any atom is 0.166 e. The van der Waals surface area contributed by atoms with Crippen molar-refractivity contribution in [2.24, 2.45) is 0 Å². The van der Waals surface area contributed by atoms with Crippen molar-refractivity contribution < 1.29 is 8.78 Å². The summed E-state index contributed by atoms with van der Waals surface area (Å²) in [6.07, 6.45) is 0. The molecule has 0 aliphatic heterocycles. The van der Waals surface area contributed by atoms with Crippen LogP contribution in [0.15, 0.2) is 121 Å². The highest BCUT2D eigenvalue weighted by molar-refractivity contribution is 5.97. The standard InChI is InChI=1S/C29H21F2N/c30-26-20-19-24-25(28(26)31)17-10-18-27(24)32(23-15-8-3-9-16-23)29(21-11-4-1-5-12-21)22-13-6-2-7-14-22/h1-20,29H. The number of hydrogen-bond donors (Lipinski definition) is 0. The Hall–Kier alpha value is -3.98. The lowest BCUT2D eigenvalue weighted by atomic mass is 9.94. The molecule has 0 aromatic heterocycles. The van der Waals surface area contributed by atoms with Crippen LogP contribution in [0.2, 0.25) is 0 Å². The molecule has 3 heteroatoms. The fourth-order valence-electron chi connectivity index (χ4n) is 4.27. The van der Waals surface area contributed by atoms with E-state index in [9.17, 15) is 8.78 Å². The summed E-state index contributed by atoms with van der Waals surface area (Å²) in [4.78, 5) is 2.20. The topological polar surface area (TPSA) is 3.24 Å². The van der Waals surface area contributed by atoms with Gasteiger partial charge in [0.2, 0.25) is 0 Å². The third-order valence-corrected chi connectivity index (χ3v) is 5.71. The number of para-hydroxylation sites is 1. The van der Waals surface area contributed by atoms with Gasteiger partial charge in [-0.15, -0.1) is 0 Å². The van der Waals surface area contributed by atoms with Crippen LogP contribution in [0, 0.1) is 11.6 Å². The van der Waals surface area contributed by atoms with Crippen molar-refractivity contribution >= 4 is 22.1 Å². The third kappa shape index (κ3) is 3.63. The van der Waals surface area contributed by atoms with Crippen molar-refractivity contribution in [2.45, 2.75) is 6.04 Å². The zero-order valence-corrected chi connectivity index (χ0v) is 17.3. The second-order valence-corrected chi connectivity index (χ2v) is 7.66. The Labute approximate surface area is 186 Å². The van der Waals surface area contributed by atoms with Gasteiger partial charge in [-0.05, 0) is 41.5 Å². The molecule has 0 fully saturated rings. The van der Waals surface area contributed by atoms with E-state index in [-0.39, 0.29) is 11.4 Å². The maximum atomic E-state index is 14.7. The molecule has 0 N–H and O–H groups in total. The molecule has 0 radical (unpaired) electrons. The van der Waals surface area contributed by atoms with Crippen molar-refractivity contribution in [1.29, 1.82) is 0 Å². The quantitative estimate of drug-likeness (QED) is 0.277. The lowest BCUT2D eigenvalue weighted by molar-refractivity contribution is 0.517. The molecule has 0 amide bonds. The molecule has 0 heterocycles. The van der Waals surface area contributed by atoms with E-state index < -0.39 is 11.6 Å². The Morgan fingerprint density at radius 3 is 1.66 bits per heavy atom. The van der Waals surface area contributed by atoms with Gasteiger partial charge >= 0.3 is 0 Å². The van der Waals surface area contributed by atoms with Crippen LogP contribution in [-0.4, -0.2) is 0 Å². The summed E-state index contributed by atoms with van der Waals surface area (Å²) < 4.78 is 28.7. The van der Waals surface area contributed by atoms with E-state index in [0.717, 1.165) is 22.5 Å². The van der Waals surface area contributed by atoms with Gasteiger partial charge in [0.05, 0.1) is 6.04 Å². The number of fused-ring (bicyclic) bond motifs is 1. The molecule has 0 aliphatic carbocycles. The maximum absolute atomic E-state index is 14.7. The number of benzene rings is 5. The SMILES string of the molecule is Fc1ccc2c(N(c3ccccc3)C(c3ccccc3)c3ccccc3)cccc2c1F. The summed E-state index contributed by atoms with van der Waals surface area (Å²) in [5.41, 5.74) is 3.97. The van der Waals surface area contributed by atoms with E-state index in [1.807, 2.05) is 72.8 Å². The van der Waals surface area contributed by atoms with Gasteiger partial charge in [0.25, 0.3) is 0 Å². The molecular weight excluding hydrogens is 400 g/mol. The number of hydrogen-bond acceptors (Lipinski definition) is 1. The fraction of sp³-hybridized carbons (Fsp3) is 0.0345. The van der Waals surface area contributed by atoms with Gasteiger partial charge in [-0.3, -0.25) is 0 Å². The first-order valence-electron chi connectivity index (χ1n) is 10.5. The minimum absolute atomic E-state index is 0.168.